The second-order valence-corrected chi connectivity index (χ2v) is 3.68. The molecule has 1 rings (SSSR count). The monoisotopic (exact) mass is 231 g/mol. The quantitative estimate of drug-likeness (QED) is 0.811. The van der Waals surface area contributed by atoms with Gasteiger partial charge >= 0.3 is 0 Å². The van der Waals surface area contributed by atoms with Crippen LogP contribution in [0.3, 0.4) is 0 Å². The van der Waals surface area contributed by atoms with Gasteiger partial charge in [-0.2, -0.15) is 5.10 Å². The van der Waals surface area contributed by atoms with E-state index in [1.165, 1.54) is 0 Å². The first-order valence-corrected chi connectivity index (χ1v) is 5.57. The fourth-order valence-corrected chi connectivity index (χ4v) is 1.83. The van der Waals surface area contributed by atoms with Gasteiger partial charge in [-0.1, -0.05) is 18.5 Å². The lowest BCUT2D eigenvalue weighted by molar-refractivity contribution is 0.121. The molecule has 0 amide bonds. The summed E-state index contributed by atoms with van der Waals surface area (Å²) >= 11 is 6.08. The van der Waals surface area contributed by atoms with Crippen molar-refractivity contribution in [3.8, 4) is 0 Å². The van der Waals surface area contributed by atoms with Crippen LogP contribution in [0.5, 0.6) is 0 Å². The Kier molecular flexibility index (Phi) is 5.08. The third kappa shape index (κ3) is 3.19. The molecule has 0 aliphatic rings. The number of aryl methyl sites for hydroxylation is 1. The van der Waals surface area contributed by atoms with E-state index in [9.17, 15) is 0 Å². The molecule has 0 fully saturated rings. The van der Waals surface area contributed by atoms with E-state index in [1.54, 1.807) is 10.9 Å². The third-order valence-corrected chi connectivity index (χ3v) is 2.50. The molecule has 86 valence electrons. The van der Waals surface area contributed by atoms with E-state index in [0.717, 1.165) is 12.2 Å². The van der Waals surface area contributed by atoms with E-state index in [0.29, 0.717) is 18.2 Å². The summed E-state index contributed by atoms with van der Waals surface area (Å²) in [4.78, 5) is 0. The highest BCUT2D eigenvalue weighted by atomic mass is 35.5. The molecular formula is C10H18ClN3O. The number of rotatable bonds is 6. The van der Waals surface area contributed by atoms with Crippen LogP contribution in [0.2, 0.25) is 5.02 Å². The van der Waals surface area contributed by atoms with Crippen molar-refractivity contribution >= 4 is 11.6 Å². The second kappa shape index (κ2) is 6.10. The standard InChI is InChI=1S/C10H18ClN3O/c1-4-12-9(7-15-5-2)10-8(11)6-13-14(10)3/h6,9,12H,4-5,7H2,1-3H3. The summed E-state index contributed by atoms with van der Waals surface area (Å²) in [6.45, 7) is 6.23. The third-order valence-electron chi connectivity index (χ3n) is 2.21. The normalized spacial score (nSPS) is 13.1. The molecule has 0 radical (unpaired) electrons. The zero-order chi connectivity index (χ0) is 11.3. The molecule has 1 N–H and O–H groups in total. The molecule has 1 aromatic heterocycles. The van der Waals surface area contributed by atoms with Gasteiger partial charge in [-0.15, -0.1) is 0 Å². The van der Waals surface area contributed by atoms with Crippen molar-refractivity contribution in [2.45, 2.75) is 19.9 Å². The largest absolute Gasteiger partial charge is 0.380 e. The smallest absolute Gasteiger partial charge is 0.0834 e. The van der Waals surface area contributed by atoms with E-state index in [2.05, 4.69) is 17.3 Å². The first-order chi connectivity index (χ1) is 7.20. The highest BCUT2D eigenvalue weighted by Crippen LogP contribution is 2.22. The Morgan fingerprint density at radius 1 is 1.60 bits per heavy atom. The van der Waals surface area contributed by atoms with Crippen LogP contribution >= 0.6 is 11.6 Å². The Morgan fingerprint density at radius 3 is 2.80 bits per heavy atom. The minimum Gasteiger partial charge on any atom is -0.380 e. The molecule has 0 bridgehead atoms. The Morgan fingerprint density at radius 2 is 2.33 bits per heavy atom. The van der Waals surface area contributed by atoms with Crippen LogP contribution in [0.15, 0.2) is 6.20 Å². The fourth-order valence-electron chi connectivity index (χ4n) is 1.53. The molecule has 5 heteroatoms. The predicted molar refractivity (Wildman–Crippen MR) is 61.1 cm³/mol. The van der Waals surface area contributed by atoms with E-state index in [1.807, 2.05) is 14.0 Å². The van der Waals surface area contributed by atoms with Gasteiger partial charge in [0.2, 0.25) is 0 Å². The number of aromatic nitrogens is 2. The van der Waals surface area contributed by atoms with Crippen molar-refractivity contribution in [2.24, 2.45) is 7.05 Å². The maximum Gasteiger partial charge on any atom is 0.0834 e. The van der Waals surface area contributed by atoms with Gasteiger partial charge in [0.25, 0.3) is 0 Å². The van der Waals surface area contributed by atoms with Gasteiger partial charge in [0.05, 0.1) is 29.6 Å². The minimum absolute atomic E-state index is 0.106. The van der Waals surface area contributed by atoms with Crippen LogP contribution in [0, 0.1) is 0 Å². The number of halogens is 1. The molecule has 4 nitrogen and oxygen atoms in total. The van der Waals surface area contributed by atoms with E-state index >= 15 is 0 Å². The van der Waals surface area contributed by atoms with Crippen molar-refractivity contribution < 1.29 is 4.74 Å². The zero-order valence-electron chi connectivity index (χ0n) is 9.46. The van der Waals surface area contributed by atoms with Gasteiger partial charge in [-0.25, -0.2) is 0 Å². The molecule has 0 saturated carbocycles. The lowest BCUT2D eigenvalue weighted by Crippen LogP contribution is -2.27. The number of hydrogen-bond donors (Lipinski definition) is 1. The highest BCUT2D eigenvalue weighted by Gasteiger charge is 2.17. The lowest BCUT2D eigenvalue weighted by atomic mass is 10.2. The lowest BCUT2D eigenvalue weighted by Gasteiger charge is -2.18. The van der Waals surface area contributed by atoms with Crippen molar-refractivity contribution in [1.82, 2.24) is 15.1 Å². The van der Waals surface area contributed by atoms with E-state index in [-0.39, 0.29) is 6.04 Å². The van der Waals surface area contributed by atoms with Crippen LogP contribution in [-0.2, 0) is 11.8 Å². The van der Waals surface area contributed by atoms with Crippen molar-refractivity contribution in [1.29, 1.82) is 0 Å². The number of likely N-dealkylation sites (N-methyl/N-ethyl adjacent to an activating group) is 1. The SMILES string of the molecule is CCNC(COCC)c1c(Cl)cnn1C. The Balaban J connectivity index is 2.78. The first kappa shape index (κ1) is 12.5. The second-order valence-electron chi connectivity index (χ2n) is 3.27. The predicted octanol–water partition coefficient (Wildman–Crippen LogP) is 1.76. The maximum absolute atomic E-state index is 6.08. The molecule has 0 aromatic carbocycles. The van der Waals surface area contributed by atoms with Gasteiger partial charge in [0.15, 0.2) is 0 Å². The molecule has 1 aromatic rings. The van der Waals surface area contributed by atoms with Crippen LogP contribution in [0.1, 0.15) is 25.6 Å². The summed E-state index contributed by atoms with van der Waals surface area (Å²) in [6, 6.07) is 0.106. The molecule has 1 unspecified atom stereocenters. The number of nitrogens with one attached hydrogen (secondary N) is 1. The highest BCUT2D eigenvalue weighted by molar-refractivity contribution is 6.31. The van der Waals surface area contributed by atoms with Gasteiger partial charge in [-0.05, 0) is 13.5 Å². The summed E-state index contributed by atoms with van der Waals surface area (Å²) < 4.78 is 7.21. The van der Waals surface area contributed by atoms with Crippen molar-refractivity contribution in [3.05, 3.63) is 16.9 Å². The maximum atomic E-state index is 6.08. The molecule has 1 heterocycles. The molecule has 1 atom stereocenters. The van der Waals surface area contributed by atoms with Crippen LogP contribution in [0.25, 0.3) is 0 Å². The summed E-state index contributed by atoms with van der Waals surface area (Å²) in [5, 5.41) is 8.13. The first-order valence-electron chi connectivity index (χ1n) is 5.19. The van der Waals surface area contributed by atoms with Crippen LogP contribution < -0.4 is 5.32 Å². The average molecular weight is 232 g/mol. The van der Waals surface area contributed by atoms with E-state index in [4.69, 9.17) is 16.3 Å². The summed E-state index contributed by atoms with van der Waals surface area (Å²) in [5.41, 5.74) is 0.979. The topological polar surface area (TPSA) is 39.1 Å². The molecule has 0 spiro atoms. The molecule has 0 aliphatic heterocycles. The summed E-state index contributed by atoms with van der Waals surface area (Å²) in [6.07, 6.45) is 1.66. The molecule has 15 heavy (non-hydrogen) atoms. The average Bonchev–Trinajstić information content (AvgIpc) is 2.54. The molecule has 0 saturated heterocycles. The minimum atomic E-state index is 0.106. The number of hydrogen-bond acceptors (Lipinski definition) is 3. The Bertz CT molecular complexity index is 281. The molecular weight excluding hydrogens is 214 g/mol. The zero-order valence-corrected chi connectivity index (χ0v) is 10.2. The Labute approximate surface area is 95.6 Å². The van der Waals surface area contributed by atoms with Gasteiger partial charge < -0.3 is 10.1 Å². The van der Waals surface area contributed by atoms with Gasteiger partial charge in [-0.3, -0.25) is 4.68 Å². The number of nitrogens with zero attached hydrogens (tertiary/aromatic N) is 2. The van der Waals surface area contributed by atoms with Crippen LogP contribution in [-0.4, -0.2) is 29.5 Å². The Hall–Kier alpha value is -0.580. The summed E-state index contributed by atoms with van der Waals surface area (Å²) in [7, 11) is 1.89. The van der Waals surface area contributed by atoms with Crippen molar-refractivity contribution in [2.75, 3.05) is 19.8 Å². The van der Waals surface area contributed by atoms with Crippen LogP contribution in [0.4, 0.5) is 0 Å². The number of ether oxygens (including phenoxy) is 1. The summed E-state index contributed by atoms with van der Waals surface area (Å²) in [5.74, 6) is 0. The van der Waals surface area contributed by atoms with Crippen molar-refractivity contribution in [3.63, 3.8) is 0 Å². The van der Waals surface area contributed by atoms with Gasteiger partial charge in [0, 0.05) is 13.7 Å². The fraction of sp³-hybridized carbons (Fsp3) is 0.700. The van der Waals surface area contributed by atoms with E-state index < -0.39 is 0 Å². The van der Waals surface area contributed by atoms with Gasteiger partial charge in [0.1, 0.15) is 0 Å². The molecule has 0 aliphatic carbocycles.